The minimum Gasteiger partial charge on any atom is -0.493 e. The molecular weight excluding hydrogens is 457 g/mol. The summed E-state index contributed by atoms with van der Waals surface area (Å²) in [4.78, 5) is 4.49. The van der Waals surface area contributed by atoms with Gasteiger partial charge in [0, 0.05) is 17.6 Å². The van der Waals surface area contributed by atoms with Gasteiger partial charge in [-0.15, -0.1) is 0 Å². The maximum atomic E-state index is 6.54. The van der Waals surface area contributed by atoms with Gasteiger partial charge in [-0.1, -0.05) is 50.3 Å². The number of hydrogen-bond acceptors (Lipinski definition) is 5. The Hall–Kier alpha value is -3.82. The molecule has 0 saturated heterocycles. The average molecular weight is 484 g/mol. The highest BCUT2D eigenvalue weighted by Gasteiger charge is 2.23. The molecule has 1 aliphatic rings. The van der Waals surface area contributed by atoms with Crippen LogP contribution in [0.25, 0.3) is 10.9 Å². The van der Waals surface area contributed by atoms with Crippen molar-refractivity contribution in [3.8, 4) is 28.7 Å². The lowest BCUT2D eigenvalue weighted by Crippen LogP contribution is -2.07. The molecule has 2 unspecified atom stereocenters. The molecular formula is C29H26NO4P. The molecule has 0 bridgehead atoms. The maximum Gasteiger partial charge on any atom is 0.162 e. The van der Waals surface area contributed by atoms with E-state index in [0.29, 0.717) is 20.1 Å². The molecule has 0 amide bonds. The molecule has 5 rings (SSSR count). The normalized spacial score (nSPS) is 15.9. The summed E-state index contributed by atoms with van der Waals surface area (Å²) in [6, 6.07) is 23.7. The van der Waals surface area contributed by atoms with Gasteiger partial charge < -0.3 is 18.9 Å². The fourth-order valence-electron chi connectivity index (χ4n) is 4.01. The van der Waals surface area contributed by atoms with Crippen molar-refractivity contribution in [1.29, 1.82) is 0 Å². The first-order valence-corrected chi connectivity index (χ1v) is 12.4. The van der Waals surface area contributed by atoms with E-state index >= 15 is 0 Å². The predicted octanol–water partition coefficient (Wildman–Crippen LogP) is 7.64. The predicted molar refractivity (Wildman–Crippen MR) is 141 cm³/mol. The molecule has 0 N–H and O–H groups in total. The van der Waals surface area contributed by atoms with Gasteiger partial charge in [0.2, 0.25) is 0 Å². The highest BCUT2D eigenvalue weighted by atomic mass is 31.1. The Balaban J connectivity index is 1.44. The van der Waals surface area contributed by atoms with Gasteiger partial charge in [-0.05, 0) is 55.0 Å². The van der Waals surface area contributed by atoms with Crippen molar-refractivity contribution < 1.29 is 18.9 Å². The summed E-state index contributed by atoms with van der Waals surface area (Å²) >= 11 is 0. The van der Waals surface area contributed by atoms with Crippen molar-refractivity contribution in [2.75, 3.05) is 14.2 Å². The first-order chi connectivity index (χ1) is 17.1. The number of benzene rings is 3. The molecule has 0 aliphatic carbocycles. The largest absolute Gasteiger partial charge is 0.493 e. The lowest BCUT2D eigenvalue weighted by atomic mass is 10.1. The van der Waals surface area contributed by atoms with Gasteiger partial charge in [0.05, 0.1) is 25.4 Å². The van der Waals surface area contributed by atoms with Crippen LogP contribution < -0.4 is 18.9 Å². The number of hydrogen-bond donors (Lipinski definition) is 0. The molecule has 5 nitrogen and oxygen atoms in total. The summed E-state index contributed by atoms with van der Waals surface area (Å²) < 4.78 is 23.4. The van der Waals surface area contributed by atoms with Crippen molar-refractivity contribution >= 4 is 19.5 Å². The number of nitrogens with zero attached hydrogens (tertiary/aromatic N) is 1. The summed E-state index contributed by atoms with van der Waals surface area (Å²) in [6.07, 6.45) is 5.95. The second-order valence-corrected chi connectivity index (χ2v) is 9.77. The number of methoxy groups -OCH3 is 2. The highest BCUT2D eigenvalue weighted by Crippen LogP contribution is 2.49. The van der Waals surface area contributed by atoms with Gasteiger partial charge in [0.15, 0.2) is 11.5 Å². The second kappa shape index (κ2) is 10.2. The number of allylic oxidation sites excluding steroid dienone is 4. The monoisotopic (exact) mass is 483 g/mol. The van der Waals surface area contributed by atoms with Gasteiger partial charge in [0.25, 0.3) is 0 Å². The van der Waals surface area contributed by atoms with Crippen molar-refractivity contribution in [3.63, 3.8) is 0 Å². The Kier molecular flexibility index (Phi) is 6.69. The first kappa shape index (κ1) is 22.9. The summed E-state index contributed by atoms with van der Waals surface area (Å²) in [6.45, 7) is 2.16. The molecule has 1 aliphatic heterocycles. The van der Waals surface area contributed by atoms with E-state index in [2.05, 4.69) is 36.2 Å². The van der Waals surface area contributed by atoms with Gasteiger partial charge >= 0.3 is 0 Å². The summed E-state index contributed by atoms with van der Waals surface area (Å²) in [7, 11) is 3.83. The van der Waals surface area contributed by atoms with Gasteiger partial charge in [0.1, 0.15) is 23.0 Å². The van der Waals surface area contributed by atoms with E-state index in [-0.39, 0.29) is 5.66 Å². The van der Waals surface area contributed by atoms with Crippen LogP contribution in [0.2, 0.25) is 0 Å². The van der Waals surface area contributed by atoms with E-state index in [9.17, 15) is 0 Å². The molecule has 2 atom stereocenters. The minimum atomic E-state index is 0.120. The Bertz CT molecular complexity index is 1400. The fourth-order valence-corrected chi connectivity index (χ4v) is 5.30. The molecule has 0 spiro atoms. The van der Waals surface area contributed by atoms with Crippen LogP contribution in [0.15, 0.2) is 102 Å². The van der Waals surface area contributed by atoms with Crippen LogP contribution in [0.1, 0.15) is 18.1 Å². The number of rotatable bonds is 7. The number of ether oxygens (including phenoxy) is 4. The lowest BCUT2D eigenvalue weighted by molar-refractivity contribution is 0.355. The van der Waals surface area contributed by atoms with E-state index in [4.69, 9.17) is 18.9 Å². The van der Waals surface area contributed by atoms with Gasteiger partial charge in [-0.3, -0.25) is 4.98 Å². The van der Waals surface area contributed by atoms with Crippen molar-refractivity contribution in [2.24, 2.45) is 0 Å². The third kappa shape index (κ3) is 5.01. The molecule has 1 aromatic heterocycles. The smallest absolute Gasteiger partial charge is 0.162 e. The summed E-state index contributed by atoms with van der Waals surface area (Å²) in [5.41, 5.74) is 2.08. The number of pyridine rings is 1. The maximum absolute atomic E-state index is 6.54. The SMILES string of the molecule is COc1cc2nccc(OC3=CC=C(C)PC3c3ccc(Oc4ccccc4)cc3)c2cc1OC. The molecule has 4 aromatic rings. The van der Waals surface area contributed by atoms with E-state index in [1.807, 2.05) is 60.7 Å². The molecule has 0 radical (unpaired) electrons. The topological polar surface area (TPSA) is 49.8 Å². The van der Waals surface area contributed by atoms with Crippen LogP contribution in [0.5, 0.6) is 28.7 Å². The zero-order chi connectivity index (χ0) is 24.2. The van der Waals surface area contributed by atoms with Crippen LogP contribution >= 0.6 is 8.58 Å². The first-order valence-electron chi connectivity index (χ1n) is 11.3. The van der Waals surface area contributed by atoms with Crippen molar-refractivity contribution in [3.05, 3.63) is 108 Å². The van der Waals surface area contributed by atoms with Crippen molar-refractivity contribution in [1.82, 2.24) is 4.98 Å². The summed E-state index contributed by atoms with van der Waals surface area (Å²) in [5, 5.41) is 2.20. The van der Waals surface area contributed by atoms with E-state index in [1.165, 1.54) is 10.9 Å². The third-order valence-corrected chi connectivity index (χ3v) is 7.31. The molecule has 35 heavy (non-hydrogen) atoms. The van der Waals surface area contributed by atoms with Crippen LogP contribution in [0, 0.1) is 0 Å². The molecule has 176 valence electrons. The summed E-state index contributed by atoms with van der Waals surface area (Å²) in [5.74, 6) is 4.52. The van der Waals surface area contributed by atoms with Gasteiger partial charge in [-0.2, -0.15) is 0 Å². The van der Waals surface area contributed by atoms with Crippen LogP contribution in [-0.2, 0) is 0 Å². The molecule has 6 heteroatoms. The van der Waals surface area contributed by atoms with E-state index < -0.39 is 0 Å². The van der Waals surface area contributed by atoms with Crippen molar-refractivity contribution in [2.45, 2.75) is 12.6 Å². The number of para-hydroxylation sites is 1. The second-order valence-electron chi connectivity index (χ2n) is 8.12. The average Bonchev–Trinajstić information content (AvgIpc) is 2.90. The number of aromatic nitrogens is 1. The Morgan fingerprint density at radius 1 is 0.743 bits per heavy atom. The Labute approximate surface area is 206 Å². The standard InChI is InChI=1S/C29H26NO4P/c1-19-9-14-26(34-25-15-16-30-24-18-28(32-3)27(31-2)17-23(24)25)29(35-19)20-10-12-22(13-11-20)33-21-7-5-4-6-8-21/h4-18,29,35H,1-3H3. The lowest BCUT2D eigenvalue weighted by Gasteiger charge is -2.25. The van der Waals surface area contributed by atoms with E-state index in [0.717, 1.165) is 33.9 Å². The zero-order valence-electron chi connectivity index (χ0n) is 19.8. The van der Waals surface area contributed by atoms with E-state index in [1.54, 1.807) is 20.4 Å². The fraction of sp³-hybridized carbons (Fsp3) is 0.138. The number of fused-ring (bicyclic) bond motifs is 1. The van der Waals surface area contributed by atoms with Crippen LogP contribution in [0.4, 0.5) is 0 Å². The van der Waals surface area contributed by atoms with Crippen LogP contribution in [0.3, 0.4) is 0 Å². The van der Waals surface area contributed by atoms with Crippen LogP contribution in [-0.4, -0.2) is 19.2 Å². The van der Waals surface area contributed by atoms with Gasteiger partial charge in [-0.25, -0.2) is 0 Å². The molecule has 0 saturated carbocycles. The Morgan fingerprint density at radius 3 is 2.20 bits per heavy atom. The molecule has 2 heterocycles. The molecule has 0 fully saturated rings. The minimum absolute atomic E-state index is 0.120. The zero-order valence-corrected chi connectivity index (χ0v) is 20.8. The Morgan fingerprint density at radius 2 is 1.46 bits per heavy atom. The molecule has 3 aromatic carbocycles. The quantitative estimate of drug-likeness (QED) is 0.253. The highest BCUT2D eigenvalue weighted by molar-refractivity contribution is 7.43. The third-order valence-electron chi connectivity index (χ3n) is 5.78.